The molecule has 10 heteroatoms. The number of benzene rings is 2. The first-order valence-corrected chi connectivity index (χ1v) is 6.90. The van der Waals surface area contributed by atoms with Gasteiger partial charge in [-0.1, -0.05) is 0 Å². The van der Waals surface area contributed by atoms with E-state index in [1.54, 1.807) is 0 Å². The van der Waals surface area contributed by atoms with Crippen LogP contribution in [-0.2, 0) is 11.1 Å². The van der Waals surface area contributed by atoms with E-state index in [-0.39, 0.29) is 16.3 Å². The molecule has 0 radical (unpaired) electrons. The molecule has 2 N–H and O–H groups in total. The largest absolute Gasteiger partial charge is 0.350 e. The zero-order valence-corrected chi connectivity index (χ0v) is 11.6. The molecule has 0 aliphatic heterocycles. The molecule has 2 rings (SSSR count). The Morgan fingerprint density at radius 1 is 1.00 bits per heavy atom. The van der Waals surface area contributed by atoms with Gasteiger partial charge in [0.2, 0.25) is 0 Å². The van der Waals surface area contributed by atoms with E-state index in [2.05, 4.69) is 5.32 Å². The van der Waals surface area contributed by atoms with E-state index >= 15 is 0 Å². The van der Waals surface area contributed by atoms with Gasteiger partial charge in [-0.15, -0.1) is 0 Å². The predicted octanol–water partition coefficient (Wildman–Crippen LogP) is 2.83. The van der Waals surface area contributed by atoms with Crippen LogP contribution in [0, 0.1) is 20.2 Å². The summed E-state index contributed by atoms with van der Waals surface area (Å²) < 4.78 is 19.8. The molecule has 0 heterocycles. The average molecular weight is 323 g/mol. The summed E-state index contributed by atoms with van der Waals surface area (Å²) in [4.78, 5) is 20.4. The maximum Gasteiger partial charge on any atom is 0.299 e. The average Bonchev–Trinajstić information content (AvgIpc) is 2.47. The van der Waals surface area contributed by atoms with Crippen LogP contribution in [0.4, 0.5) is 22.7 Å². The lowest BCUT2D eigenvalue weighted by Gasteiger charge is -2.07. The van der Waals surface area contributed by atoms with Crippen LogP contribution in [0.2, 0.25) is 0 Å². The Balaban J connectivity index is 2.34. The summed E-state index contributed by atoms with van der Waals surface area (Å²) >= 11 is -2.11. The van der Waals surface area contributed by atoms with E-state index in [0.29, 0.717) is 5.69 Å². The third kappa shape index (κ3) is 3.42. The summed E-state index contributed by atoms with van der Waals surface area (Å²) in [5.41, 5.74) is -0.313. The summed E-state index contributed by atoms with van der Waals surface area (Å²) in [5, 5.41) is 24.4. The molecule has 0 spiro atoms. The number of nitrogens with zero attached hydrogens (tertiary/aromatic N) is 2. The van der Waals surface area contributed by atoms with Gasteiger partial charge < -0.3 is 9.87 Å². The van der Waals surface area contributed by atoms with Gasteiger partial charge in [-0.2, -0.15) is 0 Å². The fourth-order valence-corrected chi connectivity index (χ4v) is 2.07. The minimum Gasteiger partial charge on any atom is -0.350 e. The van der Waals surface area contributed by atoms with Gasteiger partial charge >= 0.3 is 0 Å². The van der Waals surface area contributed by atoms with Gasteiger partial charge in [0.15, 0.2) is 11.1 Å². The number of nitrogens with one attached hydrogen (secondary N) is 1. The Bertz CT molecular complexity index is 762. The van der Waals surface area contributed by atoms with Crippen LogP contribution in [0.25, 0.3) is 0 Å². The number of hydrogen-bond donors (Lipinski definition) is 2. The second-order valence-corrected chi connectivity index (χ2v) is 5.08. The van der Waals surface area contributed by atoms with Gasteiger partial charge in [0.1, 0.15) is 5.69 Å². The van der Waals surface area contributed by atoms with Crippen LogP contribution in [-0.4, -0.2) is 18.6 Å². The Morgan fingerprint density at radius 3 is 2.14 bits per heavy atom. The van der Waals surface area contributed by atoms with Crippen molar-refractivity contribution in [3.05, 3.63) is 62.7 Å². The minimum absolute atomic E-state index is 0.0773. The summed E-state index contributed by atoms with van der Waals surface area (Å²) in [7, 11) is 0. The van der Waals surface area contributed by atoms with E-state index in [1.807, 2.05) is 0 Å². The zero-order chi connectivity index (χ0) is 16.3. The van der Waals surface area contributed by atoms with E-state index in [0.717, 1.165) is 12.1 Å². The number of nitro benzene ring substituents is 2. The predicted molar refractivity (Wildman–Crippen MR) is 78.5 cm³/mol. The molecule has 1 atom stereocenters. The van der Waals surface area contributed by atoms with Crippen LogP contribution in [0.15, 0.2) is 47.4 Å². The van der Waals surface area contributed by atoms with E-state index in [9.17, 15) is 24.4 Å². The molecular formula is C12H9N3O6S. The zero-order valence-electron chi connectivity index (χ0n) is 10.8. The van der Waals surface area contributed by atoms with Gasteiger partial charge in [0.05, 0.1) is 20.8 Å². The second-order valence-electron chi connectivity index (χ2n) is 4.11. The lowest BCUT2D eigenvalue weighted by atomic mass is 10.2. The second kappa shape index (κ2) is 6.28. The van der Waals surface area contributed by atoms with Crippen LogP contribution in [0.3, 0.4) is 0 Å². The fraction of sp³-hybridized carbons (Fsp3) is 0. The molecule has 9 nitrogen and oxygen atoms in total. The lowest BCUT2D eigenvalue weighted by Crippen LogP contribution is -1.99. The van der Waals surface area contributed by atoms with Crippen molar-refractivity contribution in [2.45, 2.75) is 4.90 Å². The van der Waals surface area contributed by atoms with Crippen molar-refractivity contribution >= 4 is 33.8 Å². The minimum atomic E-state index is -2.11. The highest BCUT2D eigenvalue weighted by atomic mass is 32.2. The lowest BCUT2D eigenvalue weighted by molar-refractivity contribution is -0.393. The molecule has 0 bridgehead atoms. The molecule has 0 aliphatic rings. The first kappa shape index (κ1) is 15.5. The van der Waals surface area contributed by atoms with Crippen LogP contribution < -0.4 is 5.32 Å². The van der Waals surface area contributed by atoms with Crippen molar-refractivity contribution in [3.63, 3.8) is 0 Å². The third-order valence-corrected chi connectivity index (χ3v) is 3.40. The molecular weight excluding hydrogens is 314 g/mol. The molecule has 0 saturated heterocycles. The summed E-state index contributed by atoms with van der Waals surface area (Å²) in [6.45, 7) is 0. The maximum absolute atomic E-state index is 11.0. The molecule has 2 aromatic carbocycles. The Hall–Kier alpha value is -2.85. The Kier molecular flexibility index (Phi) is 4.44. The van der Waals surface area contributed by atoms with Gasteiger partial charge in [0.25, 0.3) is 11.4 Å². The number of rotatable bonds is 5. The number of nitro groups is 2. The Labute approximate surface area is 126 Å². The van der Waals surface area contributed by atoms with Gasteiger partial charge in [-0.25, -0.2) is 4.21 Å². The number of anilines is 2. The standard InChI is InChI=1S/C12H9N3O6S/c16-14(17)9-3-6-11(12(7-9)15(18)19)13-8-1-4-10(5-2-8)22(20)21/h1-7,13H,(H,20,21). The molecule has 114 valence electrons. The van der Waals surface area contributed by atoms with Crippen molar-refractivity contribution in [2.24, 2.45) is 0 Å². The van der Waals surface area contributed by atoms with E-state index in [4.69, 9.17) is 4.55 Å². The molecule has 0 amide bonds. The number of hydrogen-bond acceptors (Lipinski definition) is 6. The van der Waals surface area contributed by atoms with Crippen LogP contribution in [0.1, 0.15) is 0 Å². The normalized spacial score (nSPS) is 11.7. The summed E-state index contributed by atoms with van der Waals surface area (Å²) in [5.74, 6) is 0. The summed E-state index contributed by atoms with van der Waals surface area (Å²) in [6.07, 6.45) is 0. The van der Waals surface area contributed by atoms with E-state index in [1.165, 1.54) is 30.3 Å². The van der Waals surface area contributed by atoms with E-state index < -0.39 is 26.6 Å². The first-order valence-electron chi connectivity index (χ1n) is 5.79. The maximum atomic E-state index is 11.0. The fourth-order valence-electron chi connectivity index (χ4n) is 1.70. The molecule has 0 aromatic heterocycles. The SMILES string of the molecule is O=[N+]([O-])c1ccc(Nc2ccc(S(=O)O)cc2)c([N+](=O)[O-])c1. The number of non-ortho nitro benzene ring substituents is 1. The van der Waals surface area contributed by atoms with Gasteiger partial charge in [-0.3, -0.25) is 20.2 Å². The highest BCUT2D eigenvalue weighted by Gasteiger charge is 2.19. The smallest absolute Gasteiger partial charge is 0.299 e. The molecule has 2 aromatic rings. The molecule has 1 unspecified atom stereocenters. The molecule has 22 heavy (non-hydrogen) atoms. The Morgan fingerprint density at radius 2 is 1.64 bits per heavy atom. The van der Waals surface area contributed by atoms with Gasteiger partial charge in [0, 0.05) is 11.8 Å². The quantitative estimate of drug-likeness (QED) is 0.490. The van der Waals surface area contributed by atoms with Crippen molar-refractivity contribution in [3.8, 4) is 0 Å². The highest BCUT2D eigenvalue weighted by molar-refractivity contribution is 7.79. The first-order chi connectivity index (χ1) is 10.4. The van der Waals surface area contributed by atoms with Crippen LogP contribution >= 0.6 is 0 Å². The monoisotopic (exact) mass is 323 g/mol. The van der Waals surface area contributed by atoms with Crippen molar-refractivity contribution in [2.75, 3.05) is 5.32 Å². The van der Waals surface area contributed by atoms with Crippen molar-refractivity contribution in [1.29, 1.82) is 0 Å². The summed E-state index contributed by atoms with van der Waals surface area (Å²) in [6, 6.07) is 8.94. The third-order valence-electron chi connectivity index (χ3n) is 2.72. The van der Waals surface area contributed by atoms with Crippen molar-refractivity contribution in [1.82, 2.24) is 0 Å². The molecule has 0 fully saturated rings. The molecule has 0 aliphatic carbocycles. The highest BCUT2D eigenvalue weighted by Crippen LogP contribution is 2.31. The van der Waals surface area contributed by atoms with Crippen LogP contribution in [0.5, 0.6) is 0 Å². The van der Waals surface area contributed by atoms with Gasteiger partial charge in [-0.05, 0) is 30.3 Å². The topological polar surface area (TPSA) is 136 Å². The van der Waals surface area contributed by atoms with Crippen molar-refractivity contribution < 1.29 is 18.6 Å². The molecule has 0 saturated carbocycles.